The number of benzene rings is 1. The number of nitrogens with zero attached hydrogens (tertiary/aromatic N) is 2. The van der Waals surface area contributed by atoms with Crippen molar-refractivity contribution in [2.45, 2.75) is 6.92 Å². The number of anilines is 1. The van der Waals surface area contributed by atoms with Crippen LogP contribution in [0.25, 0.3) is 0 Å². The Morgan fingerprint density at radius 2 is 2.25 bits per heavy atom. The van der Waals surface area contributed by atoms with Gasteiger partial charge in [0, 0.05) is 19.3 Å². The van der Waals surface area contributed by atoms with Crippen LogP contribution in [0.15, 0.2) is 18.2 Å². The second-order valence-corrected chi connectivity index (χ2v) is 4.00. The lowest BCUT2D eigenvalue weighted by Crippen LogP contribution is -2.33. The highest BCUT2D eigenvalue weighted by Crippen LogP contribution is 2.18. The normalized spacial score (nSPS) is 9.90. The number of rotatable bonds is 7. The molecule has 0 unspecified atom stereocenters. The maximum Gasteiger partial charge on any atom is 0.325 e. The summed E-state index contributed by atoms with van der Waals surface area (Å²) in [5, 5.41) is 8.71. The number of esters is 1. The van der Waals surface area contributed by atoms with Gasteiger partial charge in [-0.05, 0) is 25.1 Å². The maximum absolute atomic E-state index is 13.6. The molecule has 0 saturated carbocycles. The molecule has 0 aliphatic rings. The number of carbonyl (C=O) groups is 1. The smallest absolute Gasteiger partial charge is 0.325 e. The van der Waals surface area contributed by atoms with Crippen LogP contribution >= 0.6 is 0 Å². The van der Waals surface area contributed by atoms with Crippen LogP contribution in [0.4, 0.5) is 10.1 Å². The van der Waals surface area contributed by atoms with Gasteiger partial charge in [-0.1, -0.05) is 0 Å². The molecule has 0 spiro atoms. The minimum Gasteiger partial charge on any atom is -0.465 e. The van der Waals surface area contributed by atoms with Crippen LogP contribution in [0.2, 0.25) is 0 Å². The molecule has 0 atom stereocenters. The van der Waals surface area contributed by atoms with Crippen LogP contribution in [-0.4, -0.2) is 39.4 Å². The third-order valence-corrected chi connectivity index (χ3v) is 2.63. The molecule has 6 heteroatoms. The van der Waals surface area contributed by atoms with Gasteiger partial charge in [0.15, 0.2) is 0 Å². The fraction of sp³-hybridized carbons (Fsp3) is 0.429. The van der Waals surface area contributed by atoms with Crippen LogP contribution in [0.5, 0.6) is 0 Å². The summed E-state index contributed by atoms with van der Waals surface area (Å²) in [6.45, 7) is 2.82. The molecule has 1 aromatic rings. The molecule has 0 amide bonds. The van der Waals surface area contributed by atoms with E-state index >= 15 is 0 Å². The molecule has 5 nitrogen and oxygen atoms in total. The van der Waals surface area contributed by atoms with Crippen molar-refractivity contribution in [1.29, 1.82) is 5.26 Å². The molecule has 108 valence electrons. The zero-order valence-corrected chi connectivity index (χ0v) is 11.6. The highest BCUT2D eigenvalue weighted by Gasteiger charge is 2.14. The molecule has 0 saturated heterocycles. The number of nitriles is 1. The Morgan fingerprint density at radius 3 is 2.80 bits per heavy atom. The van der Waals surface area contributed by atoms with Gasteiger partial charge in [-0.3, -0.25) is 4.79 Å². The zero-order chi connectivity index (χ0) is 15.0. The number of hydrogen-bond acceptors (Lipinski definition) is 5. The summed E-state index contributed by atoms with van der Waals surface area (Å²) >= 11 is 0. The highest BCUT2D eigenvalue weighted by molar-refractivity contribution is 5.76. The molecule has 0 fully saturated rings. The topological polar surface area (TPSA) is 62.6 Å². The molecule has 0 bridgehead atoms. The SMILES string of the molecule is CCOC(=O)CN(CCOC)c1ccc(C#N)c(F)c1. The molecular formula is C14H17FN2O3. The van der Waals surface area contributed by atoms with Crippen molar-refractivity contribution >= 4 is 11.7 Å². The largest absolute Gasteiger partial charge is 0.465 e. The average Bonchev–Trinajstić information content (AvgIpc) is 2.43. The van der Waals surface area contributed by atoms with Gasteiger partial charge >= 0.3 is 5.97 Å². The molecule has 0 heterocycles. The monoisotopic (exact) mass is 280 g/mol. The molecule has 1 aromatic carbocycles. The summed E-state index contributed by atoms with van der Waals surface area (Å²) in [6, 6.07) is 5.96. The Morgan fingerprint density at radius 1 is 1.50 bits per heavy atom. The Labute approximate surface area is 117 Å². The molecule has 0 aromatic heterocycles. The lowest BCUT2D eigenvalue weighted by atomic mass is 10.2. The van der Waals surface area contributed by atoms with Crippen molar-refractivity contribution < 1.29 is 18.7 Å². The fourth-order valence-electron chi connectivity index (χ4n) is 1.65. The van der Waals surface area contributed by atoms with Crippen molar-refractivity contribution in [2.24, 2.45) is 0 Å². The number of halogens is 1. The van der Waals surface area contributed by atoms with E-state index in [9.17, 15) is 9.18 Å². The minimum absolute atomic E-state index is 0.00252. The second kappa shape index (κ2) is 8.12. The van der Waals surface area contributed by atoms with E-state index < -0.39 is 11.8 Å². The van der Waals surface area contributed by atoms with Crippen molar-refractivity contribution in [1.82, 2.24) is 0 Å². The summed E-state index contributed by atoms with van der Waals surface area (Å²) in [7, 11) is 1.54. The van der Waals surface area contributed by atoms with Crippen molar-refractivity contribution in [2.75, 3.05) is 38.3 Å². The molecule has 0 radical (unpaired) electrons. The first kappa shape index (κ1) is 15.9. The molecule has 0 N–H and O–H groups in total. The molecule has 0 aliphatic heterocycles. The number of ether oxygens (including phenoxy) is 2. The lowest BCUT2D eigenvalue weighted by molar-refractivity contribution is -0.141. The van der Waals surface area contributed by atoms with E-state index in [2.05, 4.69) is 0 Å². The van der Waals surface area contributed by atoms with E-state index in [0.717, 1.165) is 0 Å². The van der Waals surface area contributed by atoms with Crippen molar-refractivity contribution in [3.05, 3.63) is 29.6 Å². The van der Waals surface area contributed by atoms with Gasteiger partial charge < -0.3 is 14.4 Å². The van der Waals surface area contributed by atoms with E-state index in [1.807, 2.05) is 0 Å². The van der Waals surface area contributed by atoms with Crippen LogP contribution in [0, 0.1) is 17.1 Å². The van der Waals surface area contributed by atoms with E-state index in [1.165, 1.54) is 12.1 Å². The van der Waals surface area contributed by atoms with Gasteiger partial charge in [-0.2, -0.15) is 5.26 Å². The first-order valence-corrected chi connectivity index (χ1v) is 6.21. The van der Waals surface area contributed by atoms with Gasteiger partial charge in [-0.15, -0.1) is 0 Å². The average molecular weight is 280 g/mol. The van der Waals surface area contributed by atoms with Gasteiger partial charge in [0.05, 0.1) is 18.8 Å². The third-order valence-electron chi connectivity index (χ3n) is 2.63. The van der Waals surface area contributed by atoms with Gasteiger partial charge in [0.1, 0.15) is 18.4 Å². The maximum atomic E-state index is 13.6. The Kier molecular flexibility index (Phi) is 6.47. The minimum atomic E-state index is -0.615. The highest BCUT2D eigenvalue weighted by atomic mass is 19.1. The summed E-state index contributed by atoms with van der Waals surface area (Å²) in [5.74, 6) is -1.01. The zero-order valence-electron chi connectivity index (χ0n) is 11.6. The molecular weight excluding hydrogens is 263 g/mol. The van der Waals surface area contributed by atoms with E-state index in [1.54, 1.807) is 31.1 Å². The quantitative estimate of drug-likeness (QED) is 0.712. The van der Waals surface area contributed by atoms with Gasteiger partial charge in [0.2, 0.25) is 0 Å². The fourth-order valence-corrected chi connectivity index (χ4v) is 1.65. The third kappa shape index (κ3) is 4.52. The Hall–Kier alpha value is -2.13. The lowest BCUT2D eigenvalue weighted by Gasteiger charge is -2.23. The molecule has 0 aliphatic carbocycles. The Bertz CT molecular complexity index is 500. The van der Waals surface area contributed by atoms with Crippen LogP contribution in [0.1, 0.15) is 12.5 Å². The number of hydrogen-bond donors (Lipinski definition) is 0. The second-order valence-electron chi connectivity index (χ2n) is 4.00. The van der Waals surface area contributed by atoms with Crippen molar-refractivity contribution in [3.8, 4) is 6.07 Å². The Balaban J connectivity index is 2.89. The van der Waals surface area contributed by atoms with Gasteiger partial charge in [-0.25, -0.2) is 4.39 Å². The summed E-state index contributed by atoms with van der Waals surface area (Å²) in [6.07, 6.45) is 0. The predicted molar refractivity (Wildman–Crippen MR) is 71.8 cm³/mol. The van der Waals surface area contributed by atoms with Crippen LogP contribution in [0.3, 0.4) is 0 Å². The van der Waals surface area contributed by atoms with E-state index in [-0.39, 0.29) is 12.1 Å². The van der Waals surface area contributed by atoms with E-state index in [4.69, 9.17) is 14.7 Å². The first-order chi connectivity index (χ1) is 9.62. The summed E-state index contributed by atoms with van der Waals surface area (Å²) in [5.41, 5.74) is 0.475. The number of methoxy groups -OCH3 is 1. The summed E-state index contributed by atoms with van der Waals surface area (Å²) in [4.78, 5) is 13.2. The predicted octanol–water partition coefficient (Wildman–Crippen LogP) is 1.71. The summed E-state index contributed by atoms with van der Waals surface area (Å²) < 4.78 is 23.5. The van der Waals surface area contributed by atoms with E-state index in [0.29, 0.717) is 25.4 Å². The number of carbonyl (C=O) groups excluding carboxylic acids is 1. The molecule has 1 rings (SSSR count). The van der Waals surface area contributed by atoms with Crippen LogP contribution < -0.4 is 4.90 Å². The van der Waals surface area contributed by atoms with Crippen molar-refractivity contribution in [3.63, 3.8) is 0 Å². The standard InChI is InChI=1S/C14H17FN2O3/c1-3-20-14(18)10-17(6-7-19-2)12-5-4-11(9-16)13(15)8-12/h4-5,8H,3,6-7,10H2,1-2H3. The van der Waals surface area contributed by atoms with Crippen LogP contribution in [-0.2, 0) is 14.3 Å². The molecule has 20 heavy (non-hydrogen) atoms. The van der Waals surface area contributed by atoms with Gasteiger partial charge in [0.25, 0.3) is 0 Å². The first-order valence-electron chi connectivity index (χ1n) is 6.21.